The van der Waals surface area contributed by atoms with Gasteiger partial charge < -0.3 is 5.32 Å². The number of anilines is 1. The third-order valence-electron chi connectivity index (χ3n) is 4.63. The highest BCUT2D eigenvalue weighted by molar-refractivity contribution is 5.87. The molecule has 1 nitrogen and oxygen atoms in total. The highest BCUT2D eigenvalue weighted by Crippen LogP contribution is 2.43. The smallest absolute Gasteiger partial charge is 0.0773 e. The molecule has 0 saturated carbocycles. The van der Waals surface area contributed by atoms with Gasteiger partial charge in [-0.1, -0.05) is 73.8 Å². The van der Waals surface area contributed by atoms with Gasteiger partial charge in [0.15, 0.2) is 0 Å². The SMILES string of the molecule is C=Cc1ccc2c(c1)-c1cc(C=C)ccc1C(c1ccccc1)N2. The molecule has 0 amide bonds. The van der Waals surface area contributed by atoms with Crippen LogP contribution in [0.15, 0.2) is 79.9 Å². The molecule has 0 aliphatic carbocycles. The van der Waals surface area contributed by atoms with E-state index in [9.17, 15) is 0 Å². The molecule has 1 N–H and O–H groups in total. The van der Waals surface area contributed by atoms with Gasteiger partial charge in [-0.3, -0.25) is 0 Å². The van der Waals surface area contributed by atoms with Crippen LogP contribution in [-0.4, -0.2) is 0 Å². The Hall–Kier alpha value is -3.06. The zero-order valence-electron chi connectivity index (χ0n) is 13.5. The van der Waals surface area contributed by atoms with E-state index in [2.05, 4.69) is 85.2 Å². The van der Waals surface area contributed by atoms with Crippen molar-refractivity contribution in [1.29, 1.82) is 0 Å². The first-order valence-corrected chi connectivity index (χ1v) is 8.15. The Morgan fingerprint density at radius 3 is 2.12 bits per heavy atom. The molecular formula is C23H19N. The second-order valence-electron chi connectivity index (χ2n) is 6.05. The van der Waals surface area contributed by atoms with Crippen LogP contribution in [0.25, 0.3) is 23.3 Å². The fraction of sp³-hybridized carbons (Fsp3) is 0.0435. The summed E-state index contributed by atoms with van der Waals surface area (Å²) in [5.74, 6) is 0. The van der Waals surface area contributed by atoms with Crippen molar-refractivity contribution in [2.75, 3.05) is 5.32 Å². The van der Waals surface area contributed by atoms with Crippen LogP contribution in [0, 0.1) is 0 Å². The van der Waals surface area contributed by atoms with Gasteiger partial charge in [-0.15, -0.1) is 0 Å². The van der Waals surface area contributed by atoms with Crippen molar-refractivity contribution in [1.82, 2.24) is 0 Å². The van der Waals surface area contributed by atoms with Crippen LogP contribution in [0.5, 0.6) is 0 Å². The molecule has 0 fully saturated rings. The standard InChI is InChI=1S/C23H19N/c1-3-16-10-12-19-20(14-16)21-15-17(4-2)11-13-22(21)24-23(19)18-8-6-5-7-9-18/h3-15,23-24H,1-2H2. The molecule has 3 aromatic rings. The third-order valence-corrected chi connectivity index (χ3v) is 4.63. The summed E-state index contributed by atoms with van der Waals surface area (Å²) in [5.41, 5.74) is 8.46. The van der Waals surface area contributed by atoms with Crippen LogP contribution < -0.4 is 5.32 Å². The second kappa shape index (κ2) is 5.86. The Labute approximate surface area is 143 Å². The van der Waals surface area contributed by atoms with Gasteiger partial charge in [0.1, 0.15) is 0 Å². The highest BCUT2D eigenvalue weighted by Gasteiger charge is 2.25. The zero-order valence-corrected chi connectivity index (χ0v) is 13.5. The number of nitrogens with one attached hydrogen (secondary N) is 1. The Morgan fingerprint density at radius 2 is 1.42 bits per heavy atom. The van der Waals surface area contributed by atoms with Crippen LogP contribution in [0.4, 0.5) is 5.69 Å². The molecule has 1 atom stereocenters. The van der Waals surface area contributed by atoms with Crippen molar-refractivity contribution < 1.29 is 0 Å². The monoisotopic (exact) mass is 309 g/mol. The highest BCUT2D eigenvalue weighted by atomic mass is 14.9. The molecule has 116 valence electrons. The van der Waals surface area contributed by atoms with E-state index in [0.717, 1.165) is 16.8 Å². The molecule has 1 unspecified atom stereocenters. The number of rotatable bonds is 3. The molecule has 0 spiro atoms. The topological polar surface area (TPSA) is 12.0 Å². The van der Waals surface area contributed by atoms with Crippen molar-refractivity contribution in [3.05, 3.63) is 102 Å². The number of hydrogen-bond donors (Lipinski definition) is 1. The molecule has 1 heteroatoms. The molecule has 0 aromatic heterocycles. The van der Waals surface area contributed by atoms with Crippen LogP contribution >= 0.6 is 0 Å². The lowest BCUT2D eigenvalue weighted by molar-refractivity contribution is 0.929. The molecule has 0 saturated heterocycles. The first kappa shape index (κ1) is 14.5. The maximum absolute atomic E-state index is 3.91. The maximum atomic E-state index is 3.91. The fourth-order valence-electron chi connectivity index (χ4n) is 3.37. The van der Waals surface area contributed by atoms with E-state index in [1.54, 1.807) is 0 Å². The maximum Gasteiger partial charge on any atom is 0.0773 e. The molecule has 0 radical (unpaired) electrons. The lowest BCUT2D eigenvalue weighted by Crippen LogP contribution is -2.18. The average Bonchev–Trinajstić information content (AvgIpc) is 2.67. The molecule has 1 aliphatic rings. The number of benzene rings is 3. The van der Waals surface area contributed by atoms with Crippen molar-refractivity contribution in [2.45, 2.75) is 6.04 Å². The summed E-state index contributed by atoms with van der Waals surface area (Å²) in [6, 6.07) is 23.7. The first-order chi connectivity index (χ1) is 11.8. The second-order valence-corrected chi connectivity index (χ2v) is 6.05. The van der Waals surface area contributed by atoms with Gasteiger partial charge in [0.2, 0.25) is 0 Å². The molecule has 1 aliphatic heterocycles. The predicted molar refractivity (Wildman–Crippen MR) is 104 cm³/mol. The van der Waals surface area contributed by atoms with Crippen LogP contribution in [0.2, 0.25) is 0 Å². The largest absolute Gasteiger partial charge is 0.374 e. The Balaban J connectivity index is 1.95. The first-order valence-electron chi connectivity index (χ1n) is 8.15. The summed E-state index contributed by atoms with van der Waals surface area (Å²) >= 11 is 0. The van der Waals surface area contributed by atoms with Gasteiger partial charge in [-0.05, 0) is 46.0 Å². The van der Waals surface area contributed by atoms with Gasteiger partial charge >= 0.3 is 0 Å². The van der Waals surface area contributed by atoms with Crippen LogP contribution in [0.3, 0.4) is 0 Å². The van der Waals surface area contributed by atoms with Crippen molar-refractivity contribution in [2.24, 2.45) is 0 Å². The Kier molecular flexibility index (Phi) is 3.55. The Bertz CT molecular complexity index is 922. The molecule has 1 heterocycles. The summed E-state index contributed by atoms with van der Waals surface area (Å²) < 4.78 is 0. The van der Waals surface area contributed by atoms with E-state index < -0.39 is 0 Å². The molecular weight excluding hydrogens is 290 g/mol. The molecule has 24 heavy (non-hydrogen) atoms. The predicted octanol–water partition coefficient (Wildman–Crippen LogP) is 6.15. The summed E-state index contributed by atoms with van der Waals surface area (Å²) in [6.07, 6.45) is 3.79. The molecule has 3 aromatic carbocycles. The van der Waals surface area contributed by atoms with Crippen molar-refractivity contribution in [3.63, 3.8) is 0 Å². The van der Waals surface area contributed by atoms with E-state index in [0.29, 0.717) is 0 Å². The van der Waals surface area contributed by atoms with Crippen LogP contribution in [-0.2, 0) is 0 Å². The van der Waals surface area contributed by atoms with E-state index in [4.69, 9.17) is 0 Å². The summed E-state index contributed by atoms with van der Waals surface area (Å²) in [6.45, 7) is 7.81. The quantitative estimate of drug-likeness (QED) is 0.611. The molecule has 0 bridgehead atoms. The minimum atomic E-state index is 0.155. The van der Waals surface area contributed by atoms with Gasteiger partial charge in [-0.2, -0.15) is 0 Å². The van der Waals surface area contributed by atoms with Gasteiger partial charge in [0.05, 0.1) is 6.04 Å². The number of fused-ring (bicyclic) bond motifs is 3. The normalized spacial score (nSPS) is 14.9. The Morgan fingerprint density at radius 1 is 0.750 bits per heavy atom. The van der Waals surface area contributed by atoms with Gasteiger partial charge in [-0.25, -0.2) is 0 Å². The average molecular weight is 309 g/mol. The summed E-state index contributed by atoms with van der Waals surface area (Å²) in [4.78, 5) is 0. The fourth-order valence-corrected chi connectivity index (χ4v) is 3.37. The summed E-state index contributed by atoms with van der Waals surface area (Å²) in [7, 11) is 0. The minimum Gasteiger partial charge on any atom is -0.374 e. The third kappa shape index (κ3) is 2.35. The zero-order chi connectivity index (χ0) is 16.5. The van der Waals surface area contributed by atoms with E-state index >= 15 is 0 Å². The summed E-state index contributed by atoms with van der Waals surface area (Å²) in [5, 5.41) is 3.70. The van der Waals surface area contributed by atoms with E-state index in [1.165, 1.54) is 22.3 Å². The molecule has 4 rings (SSSR count). The van der Waals surface area contributed by atoms with Gasteiger partial charge in [0, 0.05) is 11.3 Å². The van der Waals surface area contributed by atoms with Crippen molar-refractivity contribution in [3.8, 4) is 11.1 Å². The van der Waals surface area contributed by atoms with Crippen molar-refractivity contribution >= 4 is 17.8 Å². The minimum absolute atomic E-state index is 0.155. The number of hydrogen-bond acceptors (Lipinski definition) is 1. The van der Waals surface area contributed by atoms with Crippen LogP contribution in [0.1, 0.15) is 28.3 Å². The van der Waals surface area contributed by atoms with E-state index in [-0.39, 0.29) is 6.04 Å². The lowest BCUT2D eigenvalue weighted by Gasteiger charge is -2.31. The lowest BCUT2D eigenvalue weighted by atomic mass is 9.85. The van der Waals surface area contributed by atoms with E-state index in [1.807, 2.05) is 12.2 Å². The van der Waals surface area contributed by atoms with Gasteiger partial charge in [0.25, 0.3) is 0 Å².